The zero-order chi connectivity index (χ0) is 9.15. The van der Waals surface area contributed by atoms with Crippen molar-refractivity contribution in [2.75, 3.05) is 26.2 Å². The Labute approximate surface area is 71.2 Å². The van der Waals surface area contributed by atoms with Crippen LogP contribution in [0.1, 0.15) is 26.7 Å². The molecular weight excluding hydrogens is 155 g/mol. The molecule has 70 valence electrons. The Hall–Kier alpha value is 0.390. The van der Waals surface area contributed by atoms with Gasteiger partial charge in [0, 0.05) is 0 Å². The standard InChI is InChI=1S/C9H23OP/c1-9(2)7-6-8-11(3,4,5)10/h9-10H,6-8H2,1-5H3. The summed E-state index contributed by atoms with van der Waals surface area (Å²) in [4.78, 5) is 9.93. The van der Waals surface area contributed by atoms with Crippen LogP contribution in [0, 0.1) is 5.92 Å². The molecular formula is C9H23OP. The van der Waals surface area contributed by atoms with Gasteiger partial charge < -0.3 is 0 Å². The summed E-state index contributed by atoms with van der Waals surface area (Å²) in [6.45, 7) is 8.34. The molecule has 0 bridgehead atoms. The molecule has 2 heteroatoms. The van der Waals surface area contributed by atoms with E-state index in [1.165, 1.54) is 12.8 Å². The Morgan fingerprint density at radius 1 is 1.18 bits per heavy atom. The number of rotatable bonds is 4. The van der Waals surface area contributed by atoms with Gasteiger partial charge in [-0.1, -0.05) is 0 Å². The first-order valence-corrected chi connectivity index (χ1v) is 8.14. The fourth-order valence-electron chi connectivity index (χ4n) is 1.04. The van der Waals surface area contributed by atoms with E-state index in [0.717, 1.165) is 12.1 Å². The van der Waals surface area contributed by atoms with Crippen molar-refractivity contribution in [2.45, 2.75) is 26.7 Å². The molecule has 0 atom stereocenters. The molecule has 0 heterocycles. The van der Waals surface area contributed by atoms with Crippen LogP contribution in [0.15, 0.2) is 0 Å². The molecule has 1 nitrogen and oxygen atoms in total. The normalized spacial score (nSPS) is 16.5. The summed E-state index contributed by atoms with van der Waals surface area (Å²) in [5.74, 6) is 0.772. The minimum absolute atomic E-state index is 0.772. The second-order valence-corrected chi connectivity index (χ2v) is 11.8. The quantitative estimate of drug-likeness (QED) is 0.656. The molecule has 0 aromatic rings. The van der Waals surface area contributed by atoms with E-state index in [-0.39, 0.29) is 0 Å². The first-order valence-electron chi connectivity index (χ1n) is 4.42. The van der Waals surface area contributed by atoms with Crippen LogP contribution < -0.4 is 0 Å². The summed E-state index contributed by atoms with van der Waals surface area (Å²) in [6.07, 6.45) is 3.44. The van der Waals surface area contributed by atoms with Gasteiger partial charge in [-0.05, 0) is 0 Å². The molecule has 0 aliphatic carbocycles. The van der Waals surface area contributed by atoms with Gasteiger partial charge in [-0.15, -0.1) is 0 Å². The van der Waals surface area contributed by atoms with Crippen LogP contribution >= 0.6 is 6.83 Å². The molecule has 0 fully saturated rings. The minimum atomic E-state index is -2.18. The third-order valence-corrected chi connectivity index (χ3v) is 3.57. The molecule has 0 saturated heterocycles. The molecule has 0 spiro atoms. The van der Waals surface area contributed by atoms with Gasteiger partial charge in [-0.25, -0.2) is 0 Å². The summed E-state index contributed by atoms with van der Waals surface area (Å²) >= 11 is 0. The molecule has 0 radical (unpaired) electrons. The summed E-state index contributed by atoms with van der Waals surface area (Å²) in [7, 11) is 0. The SMILES string of the molecule is CC(C)CCCP(C)(C)(C)O. The second kappa shape index (κ2) is 3.41. The van der Waals surface area contributed by atoms with Crippen LogP contribution in [0.4, 0.5) is 0 Å². The fraction of sp³-hybridized carbons (Fsp3) is 1.00. The molecule has 0 amide bonds. The van der Waals surface area contributed by atoms with Gasteiger partial charge >= 0.3 is 70.5 Å². The van der Waals surface area contributed by atoms with Gasteiger partial charge in [-0.2, -0.15) is 0 Å². The van der Waals surface area contributed by atoms with Crippen LogP contribution in [0.25, 0.3) is 0 Å². The molecule has 0 saturated carbocycles. The van der Waals surface area contributed by atoms with Gasteiger partial charge in [0.25, 0.3) is 0 Å². The van der Waals surface area contributed by atoms with Crippen LogP contribution in [0.5, 0.6) is 0 Å². The molecule has 0 aromatic carbocycles. The zero-order valence-electron chi connectivity index (χ0n) is 8.59. The van der Waals surface area contributed by atoms with Gasteiger partial charge in [0.15, 0.2) is 0 Å². The predicted octanol–water partition coefficient (Wildman–Crippen LogP) is 2.77. The van der Waals surface area contributed by atoms with Crippen molar-refractivity contribution in [1.82, 2.24) is 0 Å². The molecule has 0 aliphatic rings. The molecule has 11 heavy (non-hydrogen) atoms. The van der Waals surface area contributed by atoms with Crippen molar-refractivity contribution in [3.63, 3.8) is 0 Å². The average molecular weight is 178 g/mol. The van der Waals surface area contributed by atoms with Gasteiger partial charge in [-0.3, -0.25) is 0 Å². The van der Waals surface area contributed by atoms with Crippen LogP contribution in [0.2, 0.25) is 0 Å². The molecule has 0 aliphatic heterocycles. The van der Waals surface area contributed by atoms with E-state index in [9.17, 15) is 4.89 Å². The van der Waals surface area contributed by atoms with E-state index in [4.69, 9.17) is 0 Å². The summed E-state index contributed by atoms with van der Waals surface area (Å²) < 4.78 is 0. The van der Waals surface area contributed by atoms with Crippen molar-refractivity contribution in [1.29, 1.82) is 0 Å². The summed E-state index contributed by atoms with van der Waals surface area (Å²) in [5.41, 5.74) is 0. The average Bonchev–Trinajstić information content (AvgIpc) is 1.56. The Bertz CT molecular complexity index is 112. The predicted molar refractivity (Wildman–Crippen MR) is 55.8 cm³/mol. The molecule has 0 rings (SSSR count). The van der Waals surface area contributed by atoms with Gasteiger partial charge in [0.05, 0.1) is 0 Å². The van der Waals surface area contributed by atoms with Gasteiger partial charge in [0.1, 0.15) is 0 Å². The van der Waals surface area contributed by atoms with Crippen LogP contribution in [-0.4, -0.2) is 31.0 Å². The van der Waals surface area contributed by atoms with Crippen LogP contribution in [0.3, 0.4) is 0 Å². The van der Waals surface area contributed by atoms with E-state index >= 15 is 0 Å². The van der Waals surface area contributed by atoms with E-state index in [2.05, 4.69) is 13.8 Å². The second-order valence-electron chi connectivity index (χ2n) is 5.29. The van der Waals surface area contributed by atoms with Crippen molar-refractivity contribution in [3.05, 3.63) is 0 Å². The van der Waals surface area contributed by atoms with Crippen molar-refractivity contribution >= 4 is 6.83 Å². The molecule has 1 N–H and O–H groups in total. The fourth-order valence-corrected chi connectivity index (χ4v) is 2.32. The third-order valence-electron chi connectivity index (χ3n) is 1.71. The first-order chi connectivity index (χ1) is 4.67. The van der Waals surface area contributed by atoms with E-state index in [1.54, 1.807) is 0 Å². The van der Waals surface area contributed by atoms with Crippen LogP contribution in [-0.2, 0) is 0 Å². The molecule has 0 aromatic heterocycles. The third kappa shape index (κ3) is 10.4. The monoisotopic (exact) mass is 178 g/mol. The number of hydrogen-bond donors (Lipinski definition) is 1. The Kier molecular flexibility index (Phi) is 3.53. The van der Waals surface area contributed by atoms with E-state index < -0.39 is 6.83 Å². The maximum atomic E-state index is 9.93. The van der Waals surface area contributed by atoms with Crippen molar-refractivity contribution in [2.24, 2.45) is 5.92 Å². The van der Waals surface area contributed by atoms with E-state index in [0.29, 0.717) is 0 Å². The zero-order valence-corrected chi connectivity index (χ0v) is 9.49. The van der Waals surface area contributed by atoms with E-state index in [1.807, 2.05) is 20.0 Å². The first kappa shape index (κ1) is 11.4. The number of hydrogen-bond acceptors (Lipinski definition) is 1. The topological polar surface area (TPSA) is 20.2 Å². The Balaban J connectivity index is 3.56. The summed E-state index contributed by atoms with van der Waals surface area (Å²) in [5, 5.41) is 0. The van der Waals surface area contributed by atoms with Crippen molar-refractivity contribution in [3.8, 4) is 0 Å². The summed E-state index contributed by atoms with van der Waals surface area (Å²) in [6, 6.07) is 0. The van der Waals surface area contributed by atoms with Crippen molar-refractivity contribution < 1.29 is 4.89 Å². The Morgan fingerprint density at radius 3 is 1.91 bits per heavy atom. The molecule has 0 unspecified atom stereocenters. The Morgan fingerprint density at radius 2 is 1.64 bits per heavy atom. The van der Waals surface area contributed by atoms with Gasteiger partial charge in [0.2, 0.25) is 0 Å². The maximum absolute atomic E-state index is 9.93.